The number of nitrogens with zero attached hydrogens (tertiary/aromatic N) is 2. The Morgan fingerprint density at radius 1 is 1.32 bits per heavy atom. The summed E-state index contributed by atoms with van der Waals surface area (Å²) in [6, 6.07) is 0.879. The molecule has 1 aliphatic heterocycles. The summed E-state index contributed by atoms with van der Waals surface area (Å²) in [4.78, 5) is 25.5. The van der Waals surface area contributed by atoms with Crippen molar-refractivity contribution in [3.8, 4) is 0 Å². The van der Waals surface area contributed by atoms with Gasteiger partial charge in [0.2, 0.25) is 5.91 Å². The van der Waals surface area contributed by atoms with Crippen LogP contribution in [0.2, 0.25) is 0 Å². The van der Waals surface area contributed by atoms with Crippen molar-refractivity contribution >= 4 is 12.2 Å². The van der Waals surface area contributed by atoms with Crippen LogP contribution in [0.1, 0.15) is 41.0 Å². The molecule has 2 unspecified atom stereocenters. The Hall–Kier alpha value is -0.900. The van der Waals surface area contributed by atoms with Crippen LogP contribution in [0.3, 0.4) is 0 Å². The lowest BCUT2D eigenvalue weighted by atomic mass is 9.92. The minimum absolute atomic E-state index is 0.127. The van der Waals surface area contributed by atoms with E-state index in [1.807, 2.05) is 32.6 Å². The molecule has 0 aliphatic carbocycles. The van der Waals surface area contributed by atoms with Crippen LogP contribution in [0, 0.1) is 11.8 Å². The fourth-order valence-electron chi connectivity index (χ4n) is 2.12. The summed E-state index contributed by atoms with van der Waals surface area (Å²) >= 11 is 0. The average molecular weight is 270 g/mol. The third kappa shape index (κ3) is 6.19. The monoisotopic (exact) mass is 270 g/mol. The molecule has 112 valence electrons. The molecule has 1 rings (SSSR count). The lowest BCUT2D eigenvalue weighted by Gasteiger charge is -2.49. The normalized spacial score (nSPS) is 22.1. The molecule has 0 aromatic rings. The summed E-state index contributed by atoms with van der Waals surface area (Å²) < 4.78 is 0. The summed E-state index contributed by atoms with van der Waals surface area (Å²) in [5, 5.41) is 0. The van der Waals surface area contributed by atoms with Gasteiger partial charge in [0.25, 0.3) is 0 Å². The molecule has 0 saturated carbocycles. The first-order chi connectivity index (χ1) is 8.70. The van der Waals surface area contributed by atoms with E-state index < -0.39 is 0 Å². The van der Waals surface area contributed by atoms with Crippen LogP contribution < -0.4 is 0 Å². The van der Waals surface area contributed by atoms with Crippen LogP contribution in [0.5, 0.6) is 0 Å². The van der Waals surface area contributed by atoms with Gasteiger partial charge in [0, 0.05) is 30.5 Å². The molecule has 1 amide bonds. The first-order valence-corrected chi connectivity index (χ1v) is 7.12. The highest BCUT2D eigenvalue weighted by Gasteiger charge is 2.39. The third-order valence-corrected chi connectivity index (χ3v) is 3.08. The summed E-state index contributed by atoms with van der Waals surface area (Å²) in [7, 11) is 4.11. The van der Waals surface area contributed by atoms with E-state index in [-0.39, 0.29) is 11.8 Å². The van der Waals surface area contributed by atoms with Gasteiger partial charge in [0.15, 0.2) is 0 Å². The molecular weight excluding hydrogens is 240 g/mol. The summed E-state index contributed by atoms with van der Waals surface area (Å²) in [6.07, 6.45) is 2.07. The van der Waals surface area contributed by atoms with Gasteiger partial charge in [-0.2, -0.15) is 0 Å². The Morgan fingerprint density at radius 3 is 2.05 bits per heavy atom. The second-order valence-corrected chi connectivity index (χ2v) is 6.28. The molecule has 1 heterocycles. The van der Waals surface area contributed by atoms with Crippen molar-refractivity contribution in [3.63, 3.8) is 0 Å². The Labute approximate surface area is 118 Å². The van der Waals surface area contributed by atoms with E-state index in [2.05, 4.69) is 25.9 Å². The van der Waals surface area contributed by atoms with E-state index in [1.54, 1.807) is 0 Å². The van der Waals surface area contributed by atoms with Gasteiger partial charge in [-0.25, -0.2) is 0 Å². The summed E-state index contributed by atoms with van der Waals surface area (Å²) in [6.45, 7) is 10.8. The third-order valence-electron chi connectivity index (χ3n) is 3.08. The number of carbonyl (C=O) groups is 2. The predicted octanol–water partition coefficient (Wildman–Crippen LogP) is 2.03. The first kappa shape index (κ1) is 18.1. The highest BCUT2D eigenvalue weighted by atomic mass is 16.2. The highest BCUT2D eigenvalue weighted by molar-refractivity contribution is 5.79. The smallest absolute Gasteiger partial charge is 0.225 e. The number of likely N-dealkylation sites (N-methyl/N-ethyl adjacent to an activating group) is 1. The fraction of sp³-hybridized carbons (Fsp3) is 0.867. The van der Waals surface area contributed by atoms with E-state index in [0.717, 1.165) is 19.3 Å². The number of likely N-dealkylation sites (tertiary alicyclic amines) is 1. The molecule has 0 aromatic carbocycles. The molecule has 0 aromatic heterocycles. The Morgan fingerprint density at radius 2 is 1.79 bits per heavy atom. The second-order valence-electron chi connectivity index (χ2n) is 6.28. The number of hydrogen-bond donors (Lipinski definition) is 0. The van der Waals surface area contributed by atoms with Gasteiger partial charge in [0.1, 0.15) is 6.29 Å². The molecular formula is C15H30N2O2. The van der Waals surface area contributed by atoms with Crippen molar-refractivity contribution in [1.29, 1.82) is 0 Å². The second kappa shape index (κ2) is 8.31. The predicted molar refractivity (Wildman–Crippen MR) is 79.0 cm³/mol. The van der Waals surface area contributed by atoms with Crippen molar-refractivity contribution in [2.45, 2.75) is 53.1 Å². The molecule has 4 nitrogen and oxygen atoms in total. The standard InChI is InChI=1S/C11H22N2O.C4H8O/c1-8(2)11(14)13-9(3)6-10(13)7-12(4)5;1-4(2)3-5/h8-10H,6-7H2,1-5H3;3-4H,1-2H3. The lowest BCUT2D eigenvalue weighted by Crippen LogP contribution is -2.61. The zero-order valence-electron chi connectivity index (χ0n) is 13.5. The number of carbonyl (C=O) groups excluding carboxylic acids is 2. The lowest BCUT2D eigenvalue weighted by molar-refractivity contribution is -0.148. The van der Waals surface area contributed by atoms with Gasteiger partial charge in [-0.3, -0.25) is 4.79 Å². The van der Waals surface area contributed by atoms with Crippen LogP contribution in [0.25, 0.3) is 0 Å². The Bertz CT molecular complexity index is 288. The minimum atomic E-state index is 0.127. The Kier molecular flexibility index (Phi) is 7.91. The summed E-state index contributed by atoms with van der Waals surface area (Å²) in [5.74, 6) is 0.632. The molecule has 1 fully saturated rings. The molecule has 1 aliphatic rings. The van der Waals surface area contributed by atoms with Gasteiger partial charge in [-0.05, 0) is 27.4 Å². The fourth-order valence-corrected chi connectivity index (χ4v) is 2.12. The number of amides is 1. The van der Waals surface area contributed by atoms with Gasteiger partial charge < -0.3 is 14.6 Å². The average Bonchev–Trinajstić information content (AvgIpc) is 2.28. The van der Waals surface area contributed by atoms with Crippen molar-refractivity contribution in [1.82, 2.24) is 9.80 Å². The highest BCUT2D eigenvalue weighted by Crippen LogP contribution is 2.27. The zero-order valence-corrected chi connectivity index (χ0v) is 13.5. The van der Waals surface area contributed by atoms with Crippen LogP contribution >= 0.6 is 0 Å². The van der Waals surface area contributed by atoms with Gasteiger partial charge in [-0.15, -0.1) is 0 Å². The van der Waals surface area contributed by atoms with Crippen LogP contribution in [0.15, 0.2) is 0 Å². The van der Waals surface area contributed by atoms with Crippen LogP contribution in [-0.4, -0.2) is 54.7 Å². The van der Waals surface area contributed by atoms with Crippen LogP contribution in [0.4, 0.5) is 0 Å². The molecule has 4 heteroatoms. The van der Waals surface area contributed by atoms with Crippen molar-refractivity contribution in [2.24, 2.45) is 11.8 Å². The van der Waals surface area contributed by atoms with Gasteiger partial charge >= 0.3 is 0 Å². The molecule has 0 bridgehead atoms. The van der Waals surface area contributed by atoms with E-state index in [0.29, 0.717) is 18.0 Å². The number of hydrogen-bond acceptors (Lipinski definition) is 3. The van der Waals surface area contributed by atoms with Gasteiger partial charge in [-0.1, -0.05) is 27.7 Å². The van der Waals surface area contributed by atoms with E-state index in [1.165, 1.54) is 0 Å². The quantitative estimate of drug-likeness (QED) is 0.734. The molecule has 19 heavy (non-hydrogen) atoms. The molecule has 1 saturated heterocycles. The maximum Gasteiger partial charge on any atom is 0.225 e. The van der Waals surface area contributed by atoms with Crippen molar-refractivity contribution in [2.75, 3.05) is 20.6 Å². The SMILES string of the molecule is CC(C)C(=O)N1C(C)CC1CN(C)C.CC(C)C=O. The maximum absolute atomic E-state index is 11.8. The topological polar surface area (TPSA) is 40.6 Å². The summed E-state index contributed by atoms with van der Waals surface area (Å²) in [5.41, 5.74) is 0. The van der Waals surface area contributed by atoms with E-state index in [9.17, 15) is 9.59 Å². The zero-order chi connectivity index (χ0) is 15.2. The Balaban J connectivity index is 0.000000555. The largest absolute Gasteiger partial charge is 0.335 e. The first-order valence-electron chi connectivity index (χ1n) is 7.12. The maximum atomic E-state index is 11.8. The molecule has 2 atom stereocenters. The van der Waals surface area contributed by atoms with E-state index in [4.69, 9.17) is 0 Å². The molecule has 0 spiro atoms. The number of aldehydes is 1. The van der Waals surface area contributed by atoms with Crippen LogP contribution in [-0.2, 0) is 9.59 Å². The van der Waals surface area contributed by atoms with Gasteiger partial charge in [0.05, 0.1) is 0 Å². The van der Waals surface area contributed by atoms with E-state index >= 15 is 0 Å². The minimum Gasteiger partial charge on any atom is -0.335 e. The molecule has 0 N–H and O–H groups in total. The van der Waals surface area contributed by atoms with Crippen molar-refractivity contribution < 1.29 is 9.59 Å². The van der Waals surface area contributed by atoms with Crippen molar-refractivity contribution in [3.05, 3.63) is 0 Å². The number of rotatable bonds is 4. The molecule has 0 radical (unpaired) electrons.